The Morgan fingerprint density at radius 1 is 1.12 bits per heavy atom. The molecule has 1 fully saturated rings. The van der Waals surface area contributed by atoms with E-state index in [4.69, 9.17) is 9.47 Å². The molecule has 0 radical (unpaired) electrons. The molecule has 0 spiro atoms. The van der Waals surface area contributed by atoms with Crippen molar-refractivity contribution in [2.45, 2.75) is 70.0 Å². The van der Waals surface area contributed by atoms with Crippen LogP contribution in [0.3, 0.4) is 0 Å². The summed E-state index contributed by atoms with van der Waals surface area (Å²) in [5, 5.41) is 0. The minimum atomic E-state index is -1.33. The molecule has 0 amide bonds. The van der Waals surface area contributed by atoms with Gasteiger partial charge < -0.3 is 9.47 Å². The molecule has 1 aliphatic heterocycles. The van der Waals surface area contributed by atoms with E-state index in [-0.39, 0.29) is 6.29 Å². The molecule has 1 saturated heterocycles. The third-order valence-electron chi connectivity index (χ3n) is 5.03. The Kier molecular flexibility index (Phi) is 8.23. The minimum Gasteiger partial charge on any atom is -0.353 e. The first-order valence-corrected chi connectivity index (χ1v) is 12.8. The Hall–Kier alpha value is -0.903. The second kappa shape index (κ2) is 10.2. The van der Waals surface area contributed by atoms with Crippen LogP contribution in [0.1, 0.15) is 44.6 Å². The largest absolute Gasteiger partial charge is 0.353 e. The molecule has 1 atom stereocenters. The number of allylic oxidation sites excluding steroid dienone is 2. The summed E-state index contributed by atoms with van der Waals surface area (Å²) in [4.78, 5) is 0. The van der Waals surface area contributed by atoms with Crippen molar-refractivity contribution >= 4 is 8.07 Å². The van der Waals surface area contributed by atoms with Gasteiger partial charge in [0.1, 0.15) is 0 Å². The van der Waals surface area contributed by atoms with E-state index in [1.165, 1.54) is 30.9 Å². The third kappa shape index (κ3) is 6.54. The molecular weight excluding hydrogens is 312 g/mol. The van der Waals surface area contributed by atoms with Crippen molar-refractivity contribution in [2.75, 3.05) is 13.2 Å². The van der Waals surface area contributed by atoms with Crippen LogP contribution in [0.4, 0.5) is 0 Å². The molecule has 24 heavy (non-hydrogen) atoms. The monoisotopic (exact) mass is 346 g/mol. The van der Waals surface area contributed by atoms with E-state index in [2.05, 4.69) is 62.5 Å². The standard InChI is InChI=1S/C21H34O2Si/c1-4-11-20(14-8-9-15-21-22-16-10-17-23-21)24(2,3)18-19-12-6-5-7-13-19/h4-7,11-13,20-21H,8-10,14-18H2,1-3H3/b11-4+. The van der Waals surface area contributed by atoms with Gasteiger partial charge in [0.2, 0.25) is 0 Å². The van der Waals surface area contributed by atoms with E-state index in [1.54, 1.807) is 0 Å². The zero-order valence-electron chi connectivity index (χ0n) is 15.7. The number of benzene rings is 1. The van der Waals surface area contributed by atoms with Crippen LogP contribution in [0.25, 0.3) is 0 Å². The highest BCUT2D eigenvalue weighted by molar-refractivity contribution is 6.78. The van der Waals surface area contributed by atoms with E-state index in [1.807, 2.05) is 0 Å². The summed E-state index contributed by atoms with van der Waals surface area (Å²) in [5.74, 6) is 0. The smallest absolute Gasteiger partial charge is 0.157 e. The normalized spacial score (nSPS) is 18.1. The Balaban J connectivity index is 1.81. The van der Waals surface area contributed by atoms with Gasteiger partial charge in [0, 0.05) is 0 Å². The first kappa shape index (κ1) is 19.4. The summed E-state index contributed by atoms with van der Waals surface area (Å²) in [6.07, 6.45) is 10.6. The summed E-state index contributed by atoms with van der Waals surface area (Å²) in [6.45, 7) is 8.96. The van der Waals surface area contributed by atoms with Crippen LogP contribution in [0.15, 0.2) is 42.5 Å². The first-order valence-electron chi connectivity index (χ1n) is 9.52. The first-order chi connectivity index (χ1) is 11.6. The Bertz CT molecular complexity index is 478. The summed E-state index contributed by atoms with van der Waals surface area (Å²) < 4.78 is 11.3. The molecule has 3 heteroatoms. The van der Waals surface area contributed by atoms with Gasteiger partial charge in [0.05, 0.1) is 21.3 Å². The molecule has 1 aliphatic rings. The van der Waals surface area contributed by atoms with Gasteiger partial charge in [0.15, 0.2) is 6.29 Å². The molecule has 0 aromatic heterocycles. The van der Waals surface area contributed by atoms with Crippen LogP contribution in [0.5, 0.6) is 0 Å². The predicted molar refractivity (Wildman–Crippen MR) is 105 cm³/mol. The van der Waals surface area contributed by atoms with E-state index in [0.717, 1.165) is 31.6 Å². The van der Waals surface area contributed by atoms with Gasteiger partial charge in [-0.25, -0.2) is 0 Å². The fraction of sp³-hybridized carbons (Fsp3) is 0.619. The lowest BCUT2D eigenvalue weighted by Crippen LogP contribution is -2.35. The lowest BCUT2D eigenvalue weighted by atomic mass is 10.1. The summed E-state index contributed by atoms with van der Waals surface area (Å²) in [5.41, 5.74) is 2.24. The Morgan fingerprint density at radius 3 is 2.50 bits per heavy atom. The maximum atomic E-state index is 5.65. The maximum absolute atomic E-state index is 5.65. The fourth-order valence-electron chi connectivity index (χ4n) is 3.61. The fourth-order valence-corrected chi connectivity index (χ4v) is 6.86. The van der Waals surface area contributed by atoms with Crippen molar-refractivity contribution in [3.8, 4) is 0 Å². The minimum absolute atomic E-state index is 0.0495. The summed E-state index contributed by atoms with van der Waals surface area (Å²) >= 11 is 0. The predicted octanol–water partition coefficient (Wildman–Crippen LogP) is 5.75. The summed E-state index contributed by atoms with van der Waals surface area (Å²) in [7, 11) is -1.33. The zero-order valence-corrected chi connectivity index (χ0v) is 16.7. The van der Waals surface area contributed by atoms with E-state index in [9.17, 15) is 0 Å². The summed E-state index contributed by atoms with van der Waals surface area (Å²) in [6, 6.07) is 12.2. The van der Waals surface area contributed by atoms with Crippen molar-refractivity contribution in [2.24, 2.45) is 0 Å². The van der Waals surface area contributed by atoms with Crippen LogP contribution in [0, 0.1) is 0 Å². The van der Waals surface area contributed by atoms with Crippen LogP contribution in [-0.2, 0) is 15.5 Å². The molecule has 0 N–H and O–H groups in total. The van der Waals surface area contributed by atoms with Gasteiger partial charge in [0.25, 0.3) is 0 Å². The number of ether oxygens (including phenoxy) is 2. The van der Waals surface area contributed by atoms with Crippen molar-refractivity contribution in [1.29, 1.82) is 0 Å². The molecule has 0 aliphatic carbocycles. The molecule has 134 valence electrons. The molecule has 1 aromatic rings. The number of hydrogen-bond donors (Lipinski definition) is 0. The van der Waals surface area contributed by atoms with E-state index in [0.29, 0.717) is 0 Å². The number of rotatable bonds is 9. The highest BCUT2D eigenvalue weighted by atomic mass is 28.3. The van der Waals surface area contributed by atoms with Gasteiger partial charge in [-0.1, -0.05) is 67.6 Å². The van der Waals surface area contributed by atoms with Gasteiger partial charge >= 0.3 is 0 Å². The average molecular weight is 347 g/mol. The third-order valence-corrected chi connectivity index (χ3v) is 8.84. The second-order valence-corrected chi connectivity index (χ2v) is 12.7. The molecule has 0 saturated carbocycles. The highest BCUT2D eigenvalue weighted by Gasteiger charge is 2.29. The molecule has 2 nitrogen and oxygen atoms in total. The van der Waals surface area contributed by atoms with Gasteiger partial charge in [-0.05, 0) is 44.2 Å². The SMILES string of the molecule is C/C=C/C(CCCCC1OCCCO1)[Si](C)(C)Cc1ccccc1. The number of hydrogen-bond acceptors (Lipinski definition) is 2. The second-order valence-electron chi connectivity index (χ2n) is 7.59. The van der Waals surface area contributed by atoms with Crippen molar-refractivity contribution in [3.63, 3.8) is 0 Å². The lowest BCUT2D eigenvalue weighted by Gasteiger charge is -2.31. The van der Waals surface area contributed by atoms with Gasteiger partial charge in [-0.3, -0.25) is 0 Å². The van der Waals surface area contributed by atoms with E-state index >= 15 is 0 Å². The number of unbranched alkanes of at least 4 members (excludes halogenated alkanes) is 1. The molecule has 1 aromatic carbocycles. The zero-order chi connectivity index (χ0) is 17.3. The van der Waals surface area contributed by atoms with E-state index < -0.39 is 8.07 Å². The molecule has 1 unspecified atom stereocenters. The van der Waals surface area contributed by atoms with Crippen LogP contribution < -0.4 is 0 Å². The van der Waals surface area contributed by atoms with Crippen LogP contribution >= 0.6 is 0 Å². The molecule has 1 heterocycles. The van der Waals surface area contributed by atoms with Crippen molar-refractivity contribution in [1.82, 2.24) is 0 Å². The van der Waals surface area contributed by atoms with Gasteiger partial charge in [-0.2, -0.15) is 0 Å². The van der Waals surface area contributed by atoms with Crippen molar-refractivity contribution in [3.05, 3.63) is 48.0 Å². The molecule has 2 rings (SSSR count). The molecule has 0 bridgehead atoms. The Morgan fingerprint density at radius 2 is 1.83 bits per heavy atom. The topological polar surface area (TPSA) is 18.5 Å². The maximum Gasteiger partial charge on any atom is 0.157 e. The van der Waals surface area contributed by atoms with Crippen LogP contribution in [0.2, 0.25) is 18.6 Å². The highest BCUT2D eigenvalue weighted by Crippen LogP contribution is 2.32. The molecular formula is C21H34O2Si. The average Bonchev–Trinajstić information content (AvgIpc) is 2.59. The Labute approximate surface area is 149 Å². The quantitative estimate of drug-likeness (QED) is 0.322. The van der Waals surface area contributed by atoms with Gasteiger partial charge in [-0.15, -0.1) is 0 Å². The lowest BCUT2D eigenvalue weighted by molar-refractivity contribution is -0.181. The van der Waals surface area contributed by atoms with Crippen molar-refractivity contribution < 1.29 is 9.47 Å². The van der Waals surface area contributed by atoms with Crippen LogP contribution in [-0.4, -0.2) is 27.6 Å².